The van der Waals surface area contributed by atoms with E-state index in [0.29, 0.717) is 10.8 Å². The van der Waals surface area contributed by atoms with Crippen LogP contribution < -0.4 is 21.7 Å². The van der Waals surface area contributed by atoms with E-state index in [-0.39, 0.29) is 18.0 Å². The van der Waals surface area contributed by atoms with Gasteiger partial charge in [0.15, 0.2) is 17.1 Å². The van der Waals surface area contributed by atoms with Crippen LogP contribution >= 0.6 is 0 Å². The summed E-state index contributed by atoms with van der Waals surface area (Å²) in [6.45, 7) is 0.253. The summed E-state index contributed by atoms with van der Waals surface area (Å²) in [5.74, 6) is -2.02. The van der Waals surface area contributed by atoms with Crippen LogP contribution in [0, 0.1) is 11.6 Å². The van der Waals surface area contributed by atoms with Crippen molar-refractivity contribution >= 4 is 11.4 Å². The molecule has 2 heterocycles. The van der Waals surface area contributed by atoms with Crippen molar-refractivity contribution in [2.24, 2.45) is 9.98 Å². The molecule has 0 fully saturated rings. The average Bonchev–Trinajstić information content (AvgIpc) is 2.82. The first-order chi connectivity index (χ1) is 9.15. The average molecular weight is 262 g/mol. The van der Waals surface area contributed by atoms with Crippen molar-refractivity contribution in [1.82, 2.24) is 4.98 Å². The molecule has 19 heavy (non-hydrogen) atoms. The van der Waals surface area contributed by atoms with Gasteiger partial charge in [-0.1, -0.05) is 6.07 Å². The molecule has 7 heteroatoms. The van der Waals surface area contributed by atoms with E-state index in [1.54, 1.807) is 0 Å². The number of nitrogens with one attached hydrogen (secondary N) is 2. The van der Waals surface area contributed by atoms with E-state index in [4.69, 9.17) is 0 Å². The number of hydrogen-bond acceptors (Lipinski definition) is 4. The maximum Gasteiger partial charge on any atom is 0.273 e. The molecule has 0 aliphatic carbocycles. The molecular formula is C12H8F2N4O. The first-order valence-corrected chi connectivity index (χ1v) is 5.48. The molecule has 0 amide bonds. The Morgan fingerprint density at radius 1 is 1.21 bits per heavy atom. The molecule has 1 aliphatic heterocycles. The Balaban J connectivity index is 2.08. The van der Waals surface area contributed by atoms with Crippen LogP contribution in [-0.4, -0.2) is 11.7 Å². The highest BCUT2D eigenvalue weighted by molar-refractivity contribution is 5.58. The number of pyridine rings is 1. The Hall–Kier alpha value is -2.57. The van der Waals surface area contributed by atoms with Crippen LogP contribution in [0.5, 0.6) is 0 Å². The van der Waals surface area contributed by atoms with Gasteiger partial charge in [0.25, 0.3) is 5.56 Å². The van der Waals surface area contributed by atoms with Gasteiger partial charge in [-0.05, 0) is 18.2 Å². The lowest BCUT2D eigenvalue weighted by Gasteiger charge is -2.06. The standard InChI is InChI=1S/C12H8F2N4O/c13-6-2-1-3-7(10(6)14)17-9-4-8-11(16-5-15-8)18-12(9)19/h1-4,17H,5H2,(H,16,18,19). The van der Waals surface area contributed by atoms with Gasteiger partial charge in [0.05, 0.1) is 5.69 Å². The molecule has 1 aromatic heterocycles. The molecule has 0 saturated heterocycles. The zero-order valence-corrected chi connectivity index (χ0v) is 9.58. The number of nitrogens with zero attached hydrogens (tertiary/aromatic N) is 2. The van der Waals surface area contributed by atoms with E-state index in [9.17, 15) is 13.6 Å². The van der Waals surface area contributed by atoms with Gasteiger partial charge >= 0.3 is 0 Å². The molecule has 96 valence electrons. The smallest absolute Gasteiger partial charge is 0.273 e. The maximum atomic E-state index is 13.5. The van der Waals surface area contributed by atoms with Crippen LogP contribution in [0.25, 0.3) is 0 Å². The monoisotopic (exact) mass is 262 g/mol. The second-order valence-electron chi connectivity index (χ2n) is 3.93. The Labute approximate surface area is 105 Å². The molecule has 2 aromatic rings. The van der Waals surface area contributed by atoms with Gasteiger partial charge in [-0.15, -0.1) is 0 Å². The molecule has 0 radical (unpaired) electrons. The van der Waals surface area contributed by atoms with E-state index in [1.165, 1.54) is 18.2 Å². The van der Waals surface area contributed by atoms with Gasteiger partial charge in [-0.2, -0.15) is 0 Å². The van der Waals surface area contributed by atoms with E-state index in [1.807, 2.05) is 0 Å². The summed E-state index contributed by atoms with van der Waals surface area (Å²) >= 11 is 0. The van der Waals surface area contributed by atoms with Crippen LogP contribution in [0.4, 0.5) is 20.2 Å². The van der Waals surface area contributed by atoms with Crippen LogP contribution in [0.15, 0.2) is 39.0 Å². The Morgan fingerprint density at radius 3 is 2.89 bits per heavy atom. The Morgan fingerprint density at radius 2 is 2.05 bits per heavy atom. The molecule has 1 aliphatic rings. The molecular weight excluding hydrogens is 254 g/mol. The van der Waals surface area contributed by atoms with Crippen LogP contribution in [0.3, 0.4) is 0 Å². The van der Waals surface area contributed by atoms with Crippen molar-refractivity contribution in [3.8, 4) is 0 Å². The number of fused-ring (bicyclic) bond motifs is 1. The van der Waals surface area contributed by atoms with Crippen molar-refractivity contribution in [3.05, 3.63) is 57.1 Å². The van der Waals surface area contributed by atoms with E-state index in [0.717, 1.165) is 6.07 Å². The predicted octanol–water partition coefficient (Wildman–Crippen LogP) is 0.607. The van der Waals surface area contributed by atoms with Crippen molar-refractivity contribution in [2.75, 3.05) is 12.0 Å². The third kappa shape index (κ3) is 1.99. The molecule has 3 rings (SSSR count). The number of benzene rings is 1. The van der Waals surface area contributed by atoms with Crippen LogP contribution in [-0.2, 0) is 0 Å². The fourth-order valence-electron chi connectivity index (χ4n) is 1.77. The van der Waals surface area contributed by atoms with Gasteiger partial charge in [0.1, 0.15) is 17.7 Å². The van der Waals surface area contributed by atoms with Gasteiger partial charge < -0.3 is 10.3 Å². The second-order valence-corrected chi connectivity index (χ2v) is 3.93. The van der Waals surface area contributed by atoms with Crippen LogP contribution in [0.1, 0.15) is 0 Å². The van der Waals surface area contributed by atoms with Gasteiger partial charge in [0.2, 0.25) is 0 Å². The summed E-state index contributed by atoms with van der Waals surface area (Å²) in [6.07, 6.45) is 0. The quantitative estimate of drug-likeness (QED) is 0.832. The normalized spacial score (nSPS) is 12.5. The van der Waals surface area contributed by atoms with Crippen molar-refractivity contribution < 1.29 is 8.78 Å². The number of anilines is 2. The highest BCUT2D eigenvalue weighted by Crippen LogP contribution is 2.18. The topological polar surface area (TPSA) is 69.6 Å². The highest BCUT2D eigenvalue weighted by Gasteiger charge is 2.10. The number of aromatic nitrogens is 1. The number of H-pyrrole nitrogens is 1. The first-order valence-electron chi connectivity index (χ1n) is 5.48. The fourth-order valence-corrected chi connectivity index (χ4v) is 1.77. The highest BCUT2D eigenvalue weighted by atomic mass is 19.2. The lowest BCUT2D eigenvalue weighted by atomic mass is 10.2. The van der Waals surface area contributed by atoms with Crippen LogP contribution in [0.2, 0.25) is 0 Å². The summed E-state index contributed by atoms with van der Waals surface area (Å²) in [7, 11) is 0. The lowest BCUT2D eigenvalue weighted by Crippen LogP contribution is -2.33. The number of halogens is 2. The molecule has 0 spiro atoms. The minimum atomic E-state index is -1.04. The van der Waals surface area contributed by atoms with E-state index >= 15 is 0 Å². The number of hydrogen-bond donors (Lipinski definition) is 2. The number of aromatic amines is 1. The summed E-state index contributed by atoms with van der Waals surface area (Å²) in [5.41, 5.74) is -0.0944. The van der Waals surface area contributed by atoms with Gasteiger partial charge in [0, 0.05) is 0 Å². The molecule has 1 aromatic carbocycles. The van der Waals surface area contributed by atoms with Crippen molar-refractivity contribution in [1.29, 1.82) is 0 Å². The fraction of sp³-hybridized carbons (Fsp3) is 0.0833. The minimum absolute atomic E-state index is 0.0871. The van der Waals surface area contributed by atoms with E-state index < -0.39 is 17.2 Å². The largest absolute Gasteiger partial charge is 0.348 e. The zero-order valence-electron chi connectivity index (χ0n) is 9.58. The minimum Gasteiger partial charge on any atom is -0.348 e. The summed E-state index contributed by atoms with van der Waals surface area (Å²) in [5, 5.41) is 3.06. The molecule has 5 nitrogen and oxygen atoms in total. The van der Waals surface area contributed by atoms with Crippen molar-refractivity contribution in [2.45, 2.75) is 0 Å². The molecule has 0 saturated carbocycles. The predicted molar refractivity (Wildman–Crippen MR) is 63.9 cm³/mol. The second kappa shape index (κ2) is 4.27. The Bertz CT molecular complexity index is 829. The zero-order chi connectivity index (χ0) is 13.4. The summed E-state index contributed by atoms with van der Waals surface area (Å²) in [6, 6.07) is 5.14. The maximum absolute atomic E-state index is 13.5. The molecule has 0 bridgehead atoms. The van der Waals surface area contributed by atoms with Crippen molar-refractivity contribution in [3.63, 3.8) is 0 Å². The van der Waals surface area contributed by atoms with Gasteiger partial charge in [-0.25, -0.2) is 13.8 Å². The summed E-state index contributed by atoms with van der Waals surface area (Å²) < 4.78 is 26.6. The number of rotatable bonds is 2. The molecule has 0 unspecified atom stereocenters. The van der Waals surface area contributed by atoms with Gasteiger partial charge in [-0.3, -0.25) is 9.79 Å². The third-order valence-corrected chi connectivity index (χ3v) is 2.69. The molecule has 0 atom stereocenters. The first kappa shape index (κ1) is 11.5. The Kier molecular flexibility index (Phi) is 2.59. The SMILES string of the molecule is O=c1[nH]c2c(cc1Nc1cccc(F)c1F)=NCN=2. The van der Waals surface area contributed by atoms with E-state index in [2.05, 4.69) is 20.3 Å². The summed E-state index contributed by atoms with van der Waals surface area (Å²) in [4.78, 5) is 22.3. The third-order valence-electron chi connectivity index (χ3n) is 2.69. The molecule has 2 N–H and O–H groups in total. The lowest BCUT2D eigenvalue weighted by molar-refractivity contribution is 0.512.